The van der Waals surface area contributed by atoms with Crippen LogP contribution in [-0.2, 0) is 46.4 Å². The fourth-order valence-electron chi connectivity index (χ4n) is 6.28. The molecule has 296 valence electrons. The number of carbonyl (C=O) groups is 7. The number of nitrogens with one attached hydrogen (secondary N) is 8. The molecule has 1 saturated heterocycles. The summed E-state index contributed by atoms with van der Waals surface area (Å²) in [6.07, 6.45) is 2.21. The largest absolute Gasteiger partial charge is 0.361 e. The van der Waals surface area contributed by atoms with Crippen LogP contribution in [0.5, 0.6) is 0 Å². The number of amides is 7. The number of aromatic nitrogens is 1. The molecule has 55 heavy (non-hydrogen) atoms. The molecule has 1 fully saturated rings. The minimum Gasteiger partial charge on any atom is -0.361 e. The Morgan fingerprint density at radius 2 is 1.13 bits per heavy atom. The zero-order chi connectivity index (χ0) is 40.2. The van der Waals surface area contributed by atoms with Crippen molar-refractivity contribution >= 4 is 52.3 Å². The molecule has 4 rings (SSSR count). The zero-order valence-electron chi connectivity index (χ0n) is 32.3. The highest BCUT2D eigenvalue weighted by molar-refractivity contribution is 5.97. The molecule has 3 aromatic rings. The van der Waals surface area contributed by atoms with Crippen LogP contribution in [0.4, 0.5) is 0 Å². The van der Waals surface area contributed by atoms with Gasteiger partial charge in [-0.05, 0) is 49.3 Å². The number of carbonyl (C=O) groups excluding carboxylic acids is 7. The second kappa shape index (κ2) is 19.6. The topological polar surface area (TPSA) is 219 Å². The van der Waals surface area contributed by atoms with Crippen LogP contribution in [0.2, 0.25) is 0 Å². The van der Waals surface area contributed by atoms with E-state index in [4.69, 9.17) is 0 Å². The minimum absolute atomic E-state index is 0.0121. The third-order valence-electron chi connectivity index (χ3n) is 9.54. The highest BCUT2D eigenvalue weighted by Gasteiger charge is 2.34. The van der Waals surface area contributed by atoms with Crippen LogP contribution in [0.15, 0.2) is 60.8 Å². The second-order valence-corrected chi connectivity index (χ2v) is 14.8. The summed E-state index contributed by atoms with van der Waals surface area (Å²) in [4.78, 5) is 97.6. The van der Waals surface area contributed by atoms with Crippen LogP contribution >= 0.6 is 0 Å². The number of benzene rings is 2. The number of para-hydroxylation sites is 1. The maximum Gasteiger partial charge on any atom is 0.243 e. The van der Waals surface area contributed by atoms with Gasteiger partial charge in [0.05, 0.1) is 0 Å². The Kier molecular flexibility index (Phi) is 14.9. The molecular weight excluding hydrogens is 704 g/mol. The smallest absolute Gasteiger partial charge is 0.243 e. The van der Waals surface area contributed by atoms with E-state index in [0.29, 0.717) is 0 Å². The van der Waals surface area contributed by atoms with E-state index >= 15 is 0 Å². The van der Waals surface area contributed by atoms with Gasteiger partial charge in [-0.2, -0.15) is 0 Å². The molecule has 1 aliphatic heterocycles. The van der Waals surface area contributed by atoms with E-state index in [9.17, 15) is 33.6 Å². The van der Waals surface area contributed by atoms with Crippen LogP contribution in [0, 0.1) is 11.8 Å². The summed E-state index contributed by atoms with van der Waals surface area (Å²) in [5, 5.41) is 20.0. The Labute approximate surface area is 321 Å². The standard InChI is InChI=1S/C40H54N8O7/c1-22(2)33-39(54)44-25(6)35(50)45-31(20-27-21-42-29-16-11-10-15-28(27)29)37(52)41-18-12-17-32(49)43-24(5)36(51)47-34(23(3)4)40(55)46-30(38(53)48-33)19-26-13-8-7-9-14-26/h7-11,13-16,21-25,30-31,33-34,42H,12,17-20H2,1-6H3,(H,41,52)(H,43,49)(H,44,54)(H,45,50)(H,46,55)(H,47,51)(H,48,53). The molecule has 0 aliphatic carbocycles. The molecule has 0 saturated carbocycles. The van der Waals surface area contributed by atoms with Gasteiger partial charge in [-0.25, -0.2) is 0 Å². The van der Waals surface area contributed by atoms with Gasteiger partial charge in [-0.15, -0.1) is 0 Å². The fourth-order valence-corrected chi connectivity index (χ4v) is 6.28. The molecule has 0 bridgehead atoms. The van der Waals surface area contributed by atoms with E-state index in [2.05, 4.69) is 42.2 Å². The number of hydrogen-bond donors (Lipinski definition) is 8. The minimum atomic E-state index is -1.15. The van der Waals surface area contributed by atoms with Crippen molar-refractivity contribution < 1.29 is 33.6 Å². The predicted octanol–water partition coefficient (Wildman–Crippen LogP) is 1.12. The molecular formula is C40H54N8O7. The number of fused-ring (bicyclic) bond motifs is 1. The Balaban J connectivity index is 1.63. The number of hydrogen-bond acceptors (Lipinski definition) is 7. The van der Waals surface area contributed by atoms with Crippen LogP contribution < -0.4 is 37.2 Å². The molecule has 0 radical (unpaired) electrons. The molecule has 15 nitrogen and oxygen atoms in total. The van der Waals surface area contributed by atoms with Gasteiger partial charge in [0.2, 0.25) is 41.4 Å². The molecule has 2 heterocycles. The monoisotopic (exact) mass is 758 g/mol. The molecule has 2 aromatic carbocycles. The highest BCUT2D eigenvalue weighted by atomic mass is 16.2. The molecule has 15 heteroatoms. The van der Waals surface area contributed by atoms with E-state index in [-0.39, 0.29) is 32.2 Å². The summed E-state index contributed by atoms with van der Waals surface area (Å²) in [5.74, 6) is -4.87. The van der Waals surface area contributed by atoms with Gasteiger partial charge in [-0.1, -0.05) is 76.2 Å². The first-order valence-corrected chi connectivity index (χ1v) is 18.8. The lowest BCUT2D eigenvalue weighted by Crippen LogP contribution is -2.61. The van der Waals surface area contributed by atoms with E-state index in [1.165, 1.54) is 13.8 Å². The van der Waals surface area contributed by atoms with Crippen LogP contribution in [-0.4, -0.2) is 89.1 Å². The van der Waals surface area contributed by atoms with Crippen molar-refractivity contribution in [3.8, 4) is 0 Å². The quantitative estimate of drug-likeness (QED) is 0.183. The van der Waals surface area contributed by atoms with Gasteiger partial charge in [0, 0.05) is 42.9 Å². The van der Waals surface area contributed by atoms with E-state index in [0.717, 1.165) is 22.0 Å². The Bertz CT molecular complexity index is 1840. The average molecular weight is 759 g/mol. The maximum absolute atomic E-state index is 13.9. The summed E-state index contributed by atoms with van der Waals surface area (Å²) >= 11 is 0. The predicted molar refractivity (Wildman–Crippen MR) is 207 cm³/mol. The SMILES string of the molecule is CC1NC(=O)CCCNC(=O)C(Cc2c[nH]c3ccccc23)NC(=O)C(C)NC(=O)C(C(C)C)NC(=O)C(Cc2ccccc2)NC(=O)C(C(C)C)NC1=O. The molecule has 7 amide bonds. The summed E-state index contributed by atoms with van der Waals surface area (Å²) < 4.78 is 0. The van der Waals surface area contributed by atoms with Gasteiger partial charge < -0.3 is 42.2 Å². The lowest BCUT2D eigenvalue weighted by molar-refractivity contribution is -0.136. The van der Waals surface area contributed by atoms with Gasteiger partial charge in [0.1, 0.15) is 36.3 Å². The fraction of sp³-hybridized carbons (Fsp3) is 0.475. The third-order valence-corrected chi connectivity index (χ3v) is 9.54. The van der Waals surface area contributed by atoms with Crippen molar-refractivity contribution in [2.45, 2.75) is 103 Å². The summed E-state index contributed by atoms with van der Waals surface area (Å²) in [7, 11) is 0. The summed E-state index contributed by atoms with van der Waals surface area (Å²) in [5.41, 5.74) is 2.39. The van der Waals surface area contributed by atoms with Crippen molar-refractivity contribution in [1.82, 2.24) is 42.2 Å². The van der Waals surface area contributed by atoms with Crippen molar-refractivity contribution in [2.75, 3.05) is 6.54 Å². The highest BCUT2D eigenvalue weighted by Crippen LogP contribution is 2.19. The van der Waals surface area contributed by atoms with E-state index < -0.39 is 89.4 Å². The van der Waals surface area contributed by atoms with Crippen molar-refractivity contribution in [1.29, 1.82) is 0 Å². The Morgan fingerprint density at radius 1 is 0.582 bits per heavy atom. The first-order chi connectivity index (χ1) is 26.1. The van der Waals surface area contributed by atoms with Gasteiger partial charge in [0.15, 0.2) is 0 Å². The molecule has 8 N–H and O–H groups in total. The van der Waals surface area contributed by atoms with Crippen molar-refractivity contribution in [3.63, 3.8) is 0 Å². The molecule has 0 spiro atoms. The maximum atomic E-state index is 13.9. The summed E-state index contributed by atoms with van der Waals surface area (Å²) in [6.45, 7) is 10.0. The lowest BCUT2D eigenvalue weighted by Gasteiger charge is -2.29. The Hall–Kier alpha value is -5.73. The molecule has 6 atom stereocenters. The van der Waals surface area contributed by atoms with Crippen molar-refractivity contribution in [2.24, 2.45) is 11.8 Å². The van der Waals surface area contributed by atoms with Gasteiger partial charge in [0.25, 0.3) is 0 Å². The second-order valence-electron chi connectivity index (χ2n) is 14.8. The number of aromatic amines is 1. The lowest BCUT2D eigenvalue weighted by atomic mass is 9.99. The van der Waals surface area contributed by atoms with Crippen LogP contribution in [0.25, 0.3) is 10.9 Å². The first kappa shape index (κ1) is 42.0. The number of rotatable bonds is 6. The van der Waals surface area contributed by atoms with Crippen LogP contribution in [0.1, 0.15) is 65.5 Å². The van der Waals surface area contributed by atoms with Crippen LogP contribution in [0.3, 0.4) is 0 Å². The van der Waals surface area contributed by atoms with Crippen molar-refractivity contribution in [3.05, 3.63) is 71.9 Å². The molecule has 1 aromatic heterocycles. The number of H-pyrrole nitrogens is 1. The molecule has 6 unspecified atom stereocenters. The van der Waals surface area contributed by atoms with Gasteiger partial charge in [-0.3, -0.25) is 33.6 Å². The summed E-state index contributed by atoms with van der Waals surface area (Å²) in [6, 6.07) is 10.1. The van der Waals surface area contributed by atoms with E-state index in [1.54, 1.807) is 58.2 Å². The zero-order valence-corrected chi connectivity index (χ0v) is 32.3. The molecule has 1 aliphatic rings. The van der Waals surface area contributed by atoms with Gasteiger partial charge >= 0.3 is 0 Å². The first-order valence-electron chi connectivity index (χ1n) is 18.8. The Morgan fingerprint density at radius 3 is 1.80 bits per heavy atom. The third kappa shape index (κ3) is 11.9. The normalized spacial score (nSPS) is 24.6. The van der Waals surface area contributed by atoms with E-state index in [1.807, 2.05) is 30.3 Å². The average Bonchev–Trinajstić information content (AvgIpc) is 3.55.